The Bertz CT molecular complexity index is 399. The summed E-state index contributed by atoms with van der Waals surface area (Å²) in [5.41, 5.74) is -0.331. The summed E-state index contributed by atoms with van der Waals surface area (Å²) in [5, 5.41) is 2.40. The molecule has 0 radical (unpaired) electrons. The summed E-state index contributed by atoms with van der Waals surface area (Å²) in [5.74, 6) is -2.89. The van der Waals surface area contributed by atoms with Gasteiger partial charge in [-0.25, -0.2) is 8.78 Å². The molecule has 1 aromatic carbocycles. The Labute approximate surface area is 99.9 Å². The molecule has 3 nitrogen and oxygen atoms in total. The fourth-order valence-electron chi connectivity index (χ4n) is 1.08. The molecule has 0 fully saturated rings. The minimum atomic E-state index is -1.15. The van der Waals surface area contributed by atoms with Crippen LogP contribution in [0.5, 0.6) is 0 Å². The largest absolute Gasteiger partial charge is 0.383 e. The first-order valence-corrected chi connectivity index (χ1v) is 5.27. The minimum Gasteiger partial charge on any atom is -0.383 e. The first kappa shape index (κ1) is 13.1. The molecule has 0 bridgehead atoms. The van der Waals surface area contributed by atoms with Crippen LogP contribution in [0.3, 0.4) is 0 Å². The number of ether oxygens (including phenoxy) is 1. The van der Waals surface area contributed by atoms with E-state index >= 15 is 0 Å². The molecule has 0 saturated heterocycles. The van der Waals surface area contributed by atoms with Crippen LogP contribution in [0.1, 0.15) is 10.4 Å². The predicted molar refractivity (Wildman–Crippen MR) is 58.3 cm³/mol. The van der Waals surface area contributed by atoms with Crippen LogP contribution in [0.15, 0.2) is 16.6 Å². The molecule has 1 N–H and O–H groups in total. The van der Waals surface area contributed by atoms with Crippen molar-refractivity contribution in [3.63, 3.8) is 0 Å². The molecule has 6 heteroatoms. The molecular formula is C10H10BrF2NO2. The van der Waals surface area contributed by atoms with Gasteiger partial charge in [0, 0.05) is 18.1 Å². The Morgan fingerprint density at radius 2 is 2.19 bits per heavy atom. The van der Waals surface area contributed by atoms with E-state index in [1.807, 2.05) is 0 Å². The number of amides is 1. The van der Waals surface area contributed by atoms with E-state index in [9.17, 15) is 13.6 Å². The third-order valence-corrected chi connectivity index (χ3v) is 2.29. The van der Waals surface area contributed by atoms with Crippen LogP contribution in [0.25, 0.3) is 0 Å². The normalized spacial score (nSPS) is 10.2. The molecule has 0 unspecified atom stereocenters. The molecule has 0 atom stereocenters. The number of hydrogen-bond acceptors (Lipinski definition) is 2. The van der Waals surface area contributed by atoms with Gasteiger partial charge in [0.05, 0.1) is 12.2 Å². The van der Waals surface area contributed by atoms with Crippen molar-refractivity contribution in [3.05, 3.63) is 33.8 Å². The molecule has 0 aromatic heterocycles. The molecule has 0 aliphatic rings. The van der Waals surface area contributed by atoms with Gasteiger partial charge in [0.1, 0.15) is 0 Å². The van der Waals surface area contributed by atoms with Crippen molar-refractivity contribution in [2.45, 2.75) is 0 Å². The van der Waals surface area contributed by atoms with Gasteiger partial charge in [-0.3, -0.25) is 4.79 Å². The van der Waals surface area contributed by atoms with Gasteiger partial charge in [-0.05, 0) is 12.1 Å². The molecule has 88 valence electrons. The second-order valence-corrected chi connectivity index (χ2v) is 3.91. The van der Waals surface area contributed by atoms with E-state index in [2.05, 4.69) is 21.2 Å². The average Bonchev–Trinajstić information content (AvgIpc) is 2.23. The zero-order chi connectivity index (χ0) is 12.1. The lowest BCUT2D eigenvalue weighted by molar-refractivity contribution is 0.0932. The van der Waals surface area contributed by atoms with E-state index < -0.39 is 17.5 Å². The third kappa shape index (κ3) is 3.24. The summed E-state index contributed by atoms with van der Waals surface area (Å²) in [7, 11) is 1.48. The molecule has 1 rings (SSSR count). The van der Waals surface area contributed by atoms with Crippen molar-refractivity contribution in [2.75, 3.05) is 20.3 Å². The average molecular weight is 294 g/mol. The highest BCUT2D eigenvalue weighted by molar-refractivity contribution is 9.10. The van der Waals surface area contributed by atoms with Gasteiger partial charge in [0.25, 0.3) is 5.91 Å². The first-order valence-electron chi connectivity index (χ1n) is 4.48. The van der Waals surface area contributed by atoms with E-state index in [1.54, 1.807) is 0 Å². The van der Waals surface area contributed by atoms with Crippen molar-refractivity contribution in [3.8, 4) is 0 Å². The summed E-state index contributed by atoms with van der Waals surface area (Å²) in [6.45, 7) is 0.548. The predicted octanol–water partition coefficient (Wildman–Crippen LogP) is 2.10. The standard InChI is InChI=1S/C10H10BrF2NO2/c1-16-3-2-14-10(15)7-4-6(11)5-8(12)9(7)13/h4-5H,2-3H2,1H3,(H,14,15). The van der Waals surface area contributed by atoms with Crippen LogP contribution in [-0.2, 0) is 4.74 Å². The Kier molecular flexibility index (Phi) is 4.82. The van der Waals surface area contributed by atoms with Crippen LogP contribution in [0, 0.1) is 11.6 Å². The van der Waals surface area contributed by atoms with Gasteiger partial charge in [-0.2, -0.15) is 0 Å². The van der Waals surface area contributed by atoms with Crippen molar-refractivity contribution >= 4 is 21.8 Å². The van der Waals surface area contributed by atoms with Crippen LogP contribution < -0.4 is 5.32 Å². The molecular weight excluding hydrogens is 284 g/mol. The van der Waals surface area contributed by atoms with Crippen LogP contribution >= 0.6 is 15.9 Å². The Morgan fingerprint density at radius 3 is 2.81 bits per heavy atom. The van der Waals surface area contributed by atoms with E-state index in [4.69, 9.17) is 4.74 Å². The highest BCUT2D eigenvalue weighted by Crippen LogP contribution is 2.19. The van der Waals surface area contributed by atoms with Crippen molar-refractivity contribution in [1.82, 2.24) is 5.32 Å². The van der Waals surface area contributed by atoms with Gasteiger partial charge in [0.2, 0.25) is 0 Å². The monoisotopic (exact) mass is 293 g/mol. The van der Waals surface area contributed by atoms with E-state index in [1.165, 1.54) is 13.2 Å². The zero-order valence-corrected chi connectivity index (χ0v) is 10.1. The SMILES string of the molecule is COCCNC(=O)c1cc(Br)cc(F)c1F. The Morgan fingerprint density at radius 1 is 1.50 bits per heavy atom. The maximum Gasteiger partial charge on any atom is 0.254 e. The Hall–Kier alpha value is -1.01. The fourth-order valence-corrected chi connectivity index (χ4v) is 1.51. The lowest BCUT2D eigenvalue weighted by Crippen LogP contribution is -2.28. The van der Waals surface area contributed by atoms with Gasteiger partial charge in [-0.15, -0.1) is 0 Å². The topological polar surface area (TPSA) is 38.3 Å². The number of halogens is 3. The summed E-state index contributed by atoms with van der Waals surface area (Å²) < 4.78 is 31.3. The molecule has 16 heavy (non-hydrogen) atoms. The fraction of sp³-hybridized carbons (Fsp3) is 0.300. The molecule has 0 aliphatic carbocycles. The second kappa shape index (κ2) is 5.91. The molecule has 1 aromatic rings. The smallest absolute Gasteiger partial charge is 0.254 e. The molecule has 1 amide bonds. The molecule has 0 saturated carbocycles. The highest BCUT2D eigenvalue weighted by atomic mass is 79.9. The number of methoxy groups -OCH3 is 1. The van der Waals surface area contributed by atoms with Gasteiger partial charge < -0.3 is 10.1 Å². The highest BCUT2D eigenvalue weighted by Gasteiger charge is 2.16. The van der Waals surface area contributed by atoms with E-state index in [0.717, 1.165) is 6.07 Å². The van der Waals surface area contributed by atoms with E-state index in [-0.39, 0.29) is 12.1 Å². The minimum absolute atomic E-state index is 0.239. The summed E-state index contributed by atoms with van der Waals surface area (Å²) >= 11 is 2.99. The molecule has 0 aliphatic heterocycles. The molecule has 0 heterocycles. The van der Waals surface area contributed by atoms with Crippen molar-refractivity contribution < 1.29 is 18.3 Å². The second-order valence-electron chi connectivity index (χ2n) is 3.00. The zero-order valence-electron chi connectivity index (χ0n) is 8.52. The lowest BCUT2D eigenvalue weighted by atomic mass is 10.2. The Balaban J connectivity index is 2.82. The van der Waals surface area contributed by atoms with Crippen molar-refractivity contribution in [1.29, 1.82) is 0 Å². The number of carbonyl (C=O) groups excluding carboxylic acids is 1. The number of hydrogen-bond donors (Lipinski definition) is 1. The van der Waals surface area contributed by atoms with Crippen LogP contribution in [0.4, 0.5) is 8.78 Å². The number of nitrogens with one attached hydrogen (secondary N) is 1. The lowest BCUT2D eigenvalue weighted by Gasteiger charge is -2.06. The van der Waals surface area contributed by atoms with Crippen LogP contribution in [-0.4, -0.2) is 26.2 Å². The first-order chi connectivity index (χ1) is 7.56. The van der Waals surface area contributed by atoms with Crippen molar-refractivity contribution in [2.24, 2.45) is 0 Å². The van der Waals surface area contributed by atoms with E-state index in [0.29, 0.717) is 11.1 Å². The number of benzene rings is 1. The van der Waals surface area contributed by atoms with Gasteiger partial charge in [0.15, 0.2) is 11.6 Å². The van der Waals surface area contributed by atoms with Gasteiger partial charge in [-0.1, -0.05) is 15.9 Å². The summed E-state index contributed by atoms with van der Waals surface area (Å²) in [4.78, 5) is 11.5. The third-order valence-electron chi connectivity index (χ3n) is 1.83. The molecule has 0 spiro atoms. The number of rotatable bonds is 4. The maximum absolute atomic E-state index is 13.3. The van der Waals surface area contributed by atoms with Gasteiger partial charge >= 0.3 is 0 Å². The van der Waals surface area contributed by atoms with Crippen LogP contribution in [0.2, 0.25) is 0 Å². The summed E-state index contributed by atoms with van der Waals surface area (Å²) in [6, 6.07) is 2.18. The number of carbonyl (C=O) groups is 1. The maximum atomic E-state index is 13.3. The quantitative estimate of drug-likeness (QED) is 0.682. The summed E-state index contributed by atoms with van der Waals surface area (Å²) in [6.07, 6.45) is 0.